The lowest BCUT2D eigenvalue weighted by Gasteiger charge is -2.26. The maximum absolute atomic E-state index is 5.04. The summed E-state index contributed by atoms with van der Waals surface area (Å²) < 4.78 is 16.1. The molecule has 4 aromatic heterocycles. The molecule has 0 atom stereocenters. The van der Waals surface area contributed by atoms with Crippen molar-refractivity contribution in [1.82, 2.24) is 43.3 Å². The fourth-order valence-electron chi connectivity index (χ4n) is 11.0. The molecule has 0 unspecified atom stereocenters. The highest BCUT2D eigenvalue weighted by Gasteiger charge is 2.23. The van der Waals surface area contributed by atoms with Gasteiger partial charge in [0.25, 0.3) is 0 Å². The Kier molecular flexibility index (Phi) is 10.5. The molecule has 0 aliphatic heterocycles. The van der Waals surface area contributed by atoms with Crippen molar-refractivity contribution < 1.29 is 0 Å². The van der Waals surface area contributed by atoms with E-state index in [1.165, 1.54) is 49.8 Å². The molecule has 0 spiro atoms. The van der Waals surface area contributed by atoms with Gasteiger partial charge in [-0.3, -0.25) is 0 Å². The van der Waals surface area contributed by atoms with Crippen LogP contribution < -0.4 is 4.90 Å². The van der Waals surface area contributed by atoms with Crippen molar-refractivity contribution in [2.24, 2.45) is 0 Å². The van der Waals surface area contributed by atoms with Crippen molar-refractivity contribution in [2.45, 2.75) is 0 Å². The Labute approximate surface area is 445 Å². The number of rotatable bonds is 10. The third kappa shape index (κ3) is 7.55. The molecular weight excluding hydrogens is 965 g/mol. The highest BCUT2D eigenvalue weighted by molar-refractivity contribution is 7.00. The van der Waals surface area contributed by atoms with Gasteiger partial charge in [-0.05, 0) is 118 Å². The standard InChI is InChI=1S/C66H42N10S/c1-3-15-44(16-4-1)59-41-73(71-67-59)47-27-31-49(32-28-47)75(50-33-29-48(30-34-50)74-42-60(68-72-74)45-17-5-2-6-18-45)64-39-35-52(65-66(64)70-77-69-65)46-26-37-63-58(40-46)57-23-11-12-25-61(57)76(63)62-38-36-55(54-21-9-10-22-56(54)62)53-24-13-19-43-14-7-8-20-51(43)53/h1-42H. The van der Waals surface area contributed by atoms with E-state index in [2.05, 4.69) is 212 Å². The number of anilines is 3. The molecule has 0 saturated heterocycles. The summed E-state index contributed by atoms with van der Waals surface area (Å²) in [5.74, 6) is 0. The Morgan fingerprint density at radius 2 is 0.909 bits per heavy atom. The Balaban J connectivity index is 0.829. The summed E-state index contributed by atoms with van der Waals surface area (Å²) in [5, 5.41) is 25.2. The lowest BCUT2D eigenvalue weighted by atomic mass is 9.93. The number of aromatic nitrogens is 9. The summed E-state index contributed by atoms with van der Waals surface area (Å²) in [6.45, 7) is 0. The minimum Gasteiger partial charge on any atom is -0.309 e. The molecular formula is C66H42N10S. The van der Waals surface area contributed by atoms with Crippen molar-refractivity contribution in [1.29, 1.82) is 0 Å². The predicted octanol–water partition coefficient (Wildman–Crippen LogP) is 16.4. The molecule has 11 heteroatoms. The van der Waals surface area contributed by atoms with E-state index in [4.69, 9.17) is 8.75 Å². The zero-order valence-corrected chi connectivity index (χ0v) is 41.9. The second-order valence-electron chi connectivity index (χ2n) is 19.1. The van der Waals surface area contributed by atoms with Gasteiger partial charge in [-0.2, -0.15) is 8.75 Å². The molecule has 0 amide bonds. The summed E-state index contributed by atoms with van der Waals surface area (Å²) in [5.41, 5.74) is 17.7. The Bertz CT molecular complexity index is 4570. The molecule has 0 saturated carbocycles. The van der Waals surface area contributed by atoms with E-state index in [1.54, 1.807) is 0 Å². The van der Waals surface area contributed by atoms with Gasteiger partial charge < -0.3 is 9.47 Å². The minimum absolute atomic E-state index is 0.800. The number of nitrogens with zero attached hydrogens (tertiary/aromatic N) is 10. The van der Waals surface area contributed by atoms with Crippen LogP contribution in [0.5, 0.6) is 0 Å². The van der Waals surface area contributed by atoms with Crippen LogP contribution in [-0.4, -0.2) is 43.3 Å². The van der Waals surface area contributed by atoms with Gasteiger partial charge in [-0.1, -0.05) is 168 Å². The molecule has 15 rings (SSSR count). The van der Waals surface area contributed by atoms with Gasteiger partial charge >= 0.3 is 0 Å². The van der Waals surface area contributed by atoms with Crippen LogP contribution in [-0.2, 0) is 0 Å². The van der Waals surface area contributed by atoms with Crippen LogP contribution in [0, 0.1) is 0 Å². The summed E-state index contributed by atoms with van der Waals surface area (Å²) in [4.78, 5) is 2.24. The number of benzene rings is 11. The quantitative estimate of drug-likeness (QED) is 0.135. The number of para-hydroxylation sites is 1. The zero-order valence-electron chi connectivity index (χ0n) is 41.1. The largest absolute Gasteiger partial charge is 0.309 e. The molecule has 0 fully saturated rings. The Hall–Kier alpha value is -10.4. The molecule has 0 bridgehead atoms. The molecule has 77 heavy (non-hydrogen) atoms. The van der Waals surface area contributed by atoms with Gasteiger partial charge in [0.15, 0.2) is 0 Å². The van der Waals surface area contributed by atoms with E-state index in [1.807, 2.05) is 82.4 Å². The van der Waals surface area contributed by atoms with Crippen molar-refractivity contribution in [3.8, 4) is 61.8 Å². The first kappa shape index (κ1) is 44.2. The van der Waals surface area contributed by atoms with E-state index in [9.17, 15) is 0 Å². The fraction of sp³-hybridized carbons (Fsp3) is 0. The third-order valence-electron chi connectivity index (χ3n) is 14.7. The predicted molar refractivity (Wildman–Crippen MR) is 313 cm³/mol. The highest BCUT2D eigenvalue weighted by Crippen LogP contribution is 2.44. The van der Waals surface area contributed by atoms with E-state index < -0.39 is 0 Å². The van der Waals surface area contributed by atoms with E-state index in [0.717, 1.165) is 95.2 Å². The Morgan fingerprint density at radius 1 is 0.364 bits per heavy atom. The molecule has 10 nitrogen and oxygen atoms in total. The van der Waals surface area contributed by atoms with Crippen LogP contribution in [0.15, 0.2) is 255 Å². The summed E-state index contributed by atoms with van der Waals surface area (Å²) >= 11 is 1.22. The lowest BCUT2D eigenvalue weighted by molar-refractivity contribution is 0.803. The summed E-state index contributed by atoms with van der Waals surface area (Å²) in [6.07, 6.45) is 3.91. The first-order valence-electron chi connectivity index (χ1n) is 25.4. The lowest BCUT2D eigenvalue weighted by Crippen LogP contribution is -2.11. The molecule has 362 valence electrons. The van der Waals surface area contributed by atoms with Crippen molar-refractivity contribution in [3.63, 3.8) is 0 Å². The second-order valence-corrected chi connectivity index (χ2v) is 19.6. The smallest absolute Gasteiger partial charge is 0.129 e. The average molecular weight is 1010 g/mol. The zero-order chi connectivity index (χ0) is 50.8. The summed E-state index contributed by atoms with van der Waals surface area (Å²) in [6, 6.07) is 85.4. The van der Waals surface area contributed by atoms with E-state index in [-0.39, 0.29) is 0 Å². The van der Waals surface area contributed by atoms with Gasteiger partial charge in [0.05, 0.1) is 57.9 Å². The van der Waals surface area contributed by atoms with Crippen LogP contribution in [0.3, 0.4) is 0 Å². The molecule has 0 aliphatic carbocycles. The normalized spacial score (nSPS) is 11.6. The maximum Gasteiger partial charge on any atom is 0.129 e. The highest BCUT2D eigenvalue weighted by atomic mass is 32.1. The molecule has 0 aliphatic rings. The van der Waals surface area contributed by atoms with Gasteiger partial charge in [0.1, 0.15) is 22.4 Å². The third-order valence-corrected chi connectivity index (χ3v) is 15.2. The molecule has 4 heterocycles. The first-order valence-corrected chi connectivity index (χ1v) is 26.2. The Morgan fingerprint density at radius 3 is 1.60 bits per heavy atom. The van der Waals surface area contributed by atoms with Crippen molar-refractivity contribution >= 4 is 83.2 Å². The van der Waals surface area contributed by atoms with Crippen LogP contribution in [0.4, 0.5) is 17.1 Å². The number of hydrogen-bond donors (Lipinski definition) is 0. The van der Waals surface area contributed by atoms with Gasteiger partial charge in [0, 0.05) is 44.2 Å². The first-order chi connectivity index (χ1) is 38.2. The maximum atomic E-state index is 5.04. The second kappa shape index (κ2) is 18.2. The average Bonchev–Trinajstić information content (AvgIpc) is 4.40. The van der Waals surface area contributed by atoms with Gasteiger partial charge in [-0.15, -0.1) is 10.2 Å². The molecule has 0 radical (unpaired) electrons. The van der Waals surface area contributed by atoms with Crippen molar-refractivity contribution in [2.75, 3.05) is 4.90 Å². The minimum atomic E-state index is 0.800. The van der Waals surface area contributed by atoms with Crippen molar-refractivity contribution in [3.05, 3.63) is 255 Å². The van der Waals surface area contributed by atoms with E-state index in [0.29, 0.717) is 0 Å². The van der Waals surface area contributed by atoms with E-state index >= 15 is 0 Å². The van der Waals surface area contributed by atoms with Gasteiger partial charge in [-0.25, -0.2) is 9.36 Å². The van der Waals surface area contributed by atoms with Crippen LogP contribution in [0.1, 0.15) is 0 Å². The number of fused-ring (bicyclic) bond motifs is 6. The van der Waals surface area contributed by atoms with Gasteiger partial charge in [0.2, 0.25) is 0 Å². The molecule has 0 N–H and O–H groups in total. The monoisotopic (exact) mass is 1010 g/mol. The topological polar surface area (TPSA) is 95.4 Å². The van der Waals surface area contributed by atoms with Crippen LogP contribution in [0.2, 0.25) is 0 Å². The fourth-order valence-corrected chi connectivity index (χ4v) is 11.6. The molecule has 15 aromatic rings. The number of hydrogen-bond acceptors (Lipinski definition) is 8. The van der Waals surface area contributed by atoms with Crippen LogP contribution >= 0.6 is 11.7 Å². The molecule has 11 aromatic carbocycles. The summed E-state index contributed by atoms with van der Waals surface area (Å²) in [7, 11) is 0. The SMILES string of the molecule is c1ccc(-c2cn(-c3ccc(N(c4ccc(-n5cc(-c6ccccc6)nn5)cc4)c4ccc(-c5ccc6c(c5)c5ccccc5n6-c5ccc(-c6cccc7ccccc67)c6ccccc56)c5nsnc45)cc3)nn2)cc1. The van der Waals surface area contributed by atoms with Crippen LogP contribution in [0.25, 0.3) is 116 Å².